The minimum atomic E-state index is -3.44. The van der Waals surface area contributed by atoms with E-state index < -0.39 is 21.8 Å². The number of carbonyl (C=O) groups is 2. The molecule has 0 atom stereocenters. The Bertz CT molecular complexity index is 1190. The summed E-state index contributed by atoms with van der Waals surface area (Å²) in [4.78, 5) is 24.3. The van der Waals surface area contributed by atoms with Gasteiger partial charge in [-0.2, -0.15) is 0 Å². The Balaban J connectivity index is 1.57. The SMILES string of the molecule is Cc1ccc(NC(=O)COc2cccc(NC(=O)c3ccco3)c2)cc1NS(C)(=O)=O. The molecule has 3 N–H and O–H groups in total. The van der Waals surface area contributed by atoms with E-state index in [4.69, 9.17) is 9.15 Å². The highest BCUT2D eigenvalue weighted by Gasteiger charge is 2.11. The number of benzene rings is 2. The summed E-state index contributed by atoms with van der Waals surface area (Å²) in [6.07, 6.45) is 2.46. The van der Waals surface area contributed by atoms with Crippen LogP contribution in [0.5, 0.6) is 5.75 Å². The largest absolute Gasteiger partial charge is 0.484 e. The van der Waals surface area contributed by atoms with Crippen LogP contribution in [-0.4, -0.2) is 33.1 Å². The van der Waals surface area contributed by atoms with Gasteiger partial charge in [0.25, 0.3) is 11.8 Å². The van der Waals surface area contributed by atoms with Gasteiger partial charge in [-0.25, -0.2) is 8.42 Å². The predicted molar refractivity (Wildman–Crippen MR) is 117 cm³/mol. The Morgan fingerprint density at radius 1 is 1.00 bits per heavy atom. The molecule has 9 nitrogen and oxygen atoms in total. The predicted octanol–water partition coefficient (Wildman–Crippen LogP) is 3.23. The fraction of sp³-hybridized carbons (Fsp3) is 0.143. The van der Waals surface area contributed by atoms with Gasteiger partial charge in [0, 0.05) is 17.4 Å². The number of hydrogen-bond donors (Lipinski definition) is 3. The monoisotopic (exact) mass is 443 g/mol. The summed E-state index contributed by atoms with van der Waals surface area (Å²) in [5.41, 5.74) is 1.99. The van der Waals surface area contributed by atoms with E-state index in [2.05, 4.69) is 15.4 Å². The lowest BCUT2D eigenvalue weighted by molar-refractivity contribution is -0.118. The number of aryl methyl sites for hydroxylation is 1. The van der Waals surface area contributed by atoms with Crippen molar-refractivity contribution in [3.05, 3.63) is 72.2 Å². The van der Waals surface area contributed by atoms with Crippen LogP contribution in [0.15, 0.2) is 65.3 Å². The first-order chi connectivity index (χ1) is 14.7. The molecular formula is C21H21N3O6S. The summed E-state index contributed by atoms with van der Waals surface area (Å²) in [6.45, 7) is 1.47. The number of sulfonamides is 1. The van der Waals surface area contributed by atoms with Crippen molar-refractivity contribution in [2.75, 3.05) is 28.2 Å². The second kappa shape index (κ2) is 9.35. The average molecular weight is 443 g/mol. The van der Waals surface area contributed by atoms with Gasteiger partial charge in [-0.3, -0.25) is 14.3 Å². The molecule has 0 unspecified atom stereocenters. The van der Waals surface area contributed by atoms with Crippen LogP contribution in [0.25, 0.3) is 0 Å². The fourth-order valence-corrected chi connectivity index (χ4v) is 3.24. The molecule has 3 aromatic rings. The molecule has 0 aliphatic heterocycles. The first-order valence-corrected chi connectivity index (χ1v) is 11.0. The van der Waals surface area contributed by atoms with Gasteiger partial charge >= 0.3 is 0 Å². The minimum absolute atomic E-state index is 0.175. The summed E-state index contributed by atoms with van der Waals surface area (Å²) in [6, 6.07) is 14.6. The van der Waals surface area contributed by atoms with Crippen molar-refractivity contribution in [3.63, 3.8) is 0 Å². The van der Waals surface area contributed by atoms with Gasteiger partial charge in [0.2, 0.25) is 10.0 Å². The second-order valence-electron chi connectivity index (χ2n) is 6.70. The zero-order valence-electron chi connectivity index (χ0n) is 16.8. The third-order valence-corrected chi connectivity index (χ3v) is 4.61. The molecule has 3 rings (SSSR count). The molecule has 1 aromatic heterocycles. The van der Waals surface area contributed by atoms with E-state index in [1.807, 2.05) is 0 Å². The molecule has 0 fully saturated rings. The van der Waals surface area contributed by atoms with Crippen molar-refractivity contribution >= 4 is 38.9 Å². The maximum Gasteiger partial charge on any atom is 0.291 e. The van der Waals surface area contributed by atoms with E-state index in [9.17, 15) is 18.0 Å². The van der Waals surface area contributed by atoms with Gasteiger partial charge in [-0.15, -0.1) is 0 Å². The molecule has 31 heavy (non-hydrogen) atoms. The lowest BCUT2D eigenvalue weighted by Gasteiger charge is -2.12. The third-order valence-electron chi connectivity index (χ3n) is 4.02. The minimum Gasteiger partial charge on any atom is -0.484 e. The number of hydrogen-bond acceptors (Lipinski definition) is 6. The van der Waals surface area contributed by atoms with Crippen LogP contribution in [0.4, 0.5) is 17.1 Å². The molecule has 0 spiro atoms. The van der Waals surface area contributed by atoms with E-state index >= 15 is 0 Å². The number of carbonyl (C=O) groups excluding carboxylic acids is 2. The van der Waals surface area contributed by atoms with Crippen LogP contribution in [0.3, 0.4) is 0 Å². The maximum atomic E-state index is 12.2. The summed E-state index contributed by atoms with van der Waals surface area (Å²) < 4.78 is 35.8. The highest BCUT2D eigenvalue weighted by Crippen LogP contribution is 2.22. The summed E-state index contributed by atoms with van der Waals surface area (Å²) in [7, 11) is -3.44. The Morgan fingerprint density at radius 3 is 2.48 bits per heavy atom. The van der Waals surface area contributed by atoms with Crippen LogP contribution < -0.4 is 20.1 Å². The Morgan fingerprint density at radius 2 is 1.77 bits per heavy atom. The quantitative estimate of drug-likeness (QED) is 0.491. The molecule has 0 radical (unpaired) electrons. The van der Waals surface area contributed by atoms with Crippen LogP contribution in [0, 0.1) is 6.92 Å². The molecule has 0 saturated carbocycles. The molecule has 0 aliphatic rings. The summed E-state index contributed by atoms with van der Waals surface area (Å²) in [5, 5.41) is 5.32. The maximum absolute atomic E-state index is 12.2. The highest BCUT2D eigenvalue weighted by atomic mass is 32.2. The van der Waals surface area contributed by atoms with Crippen molar-refractivity contribution in [2.24, 2.45) is 0 Å². The van der Waals surface area contributed by atoms with Crippen molar-refractivity contribution in [2.45, 2.75) is 6.92 Å². The summed E-state index contributed by atoms with van der Waals surface area (Å²) >= 11 is 0. The van der Waals surface area contributed by atoms with Gasteiger partial charge in [0.15, 0.2) is 12.4 Å². The first-order valence-electron chi connectivity index (χ1n) is 9.15. The van der Waals surface area contributed by atoms with E-state index in [1.165, 1.54) is 12.3 Å². The Labute approximate surface area is 179 Å². The van der Waals surface area contributed by atoms with Crippen molar-refractivity contribution < 1.29 is 27.2 Å². The Kier molecular flexibility index (Phi) is 6.61. The van der Waals surface area contributed by atoms with E-state index in [1.54, 1.807) is 55.5 Å². The normalized spacial score (nSPS) is 10.9. The van der Waals surface area contributed by atoms with E-state index in [0.717, 1.165) is 6.26 Å². The van der Waals surface area contributed by atoms with Crippen LogP contribution in [-0.2, 0) is 14.8 Å². The van der Waals surface area contributed by atoms with Gasteiger partial charge in [-0.05, 0) is 48.9 Å². The summed E-state index contributed by atoms with van der Waals surface area (Å²) in [5.74, 6) is -0.277. The number of amides is 2. The fourth-order valence-electron chi connectivity index (χ4n) is 2.62. The number of furan rings is 1. The number of ether oxygens (including phenoxy) is 1. The highest BCUT2D eigenvalue weighted by molar-refractivity contribution is 7.92. The smallest absolute Gasteiger partial charge is 0.291 e. The second-order valence-corrected chi connectivity index (χ2v) is 8.45. The molecule has 2 amide bonds. The molecule has 0 saturated heterocycles. The zero-order valence-corrected chi connectivity index (χ0v) is 17.7. The number of rotatable bonds is 8. The molecule has 1 heterocycles. The van der Waals surface area contributed by atoms with Gasteiger partial charge in [0.05, 0.1) is 18.2 Å². The molecular weight excluding hydrogens is 422 g/mol. The van der Waals surface area contributed by atoms with Crippen LogP contribution in [0.1, 0.15) is 16.1 Å². The van der Waals surface area contributed by atoms with Crippen LogP contribution in [0.2, 0.25) is 0 Å². The molecule has 0 aliphatic carbocycles. The topological polar surface area (TPSA) is 127 Å². The molecule has 10 heteroatoms. The third kappa shape index (κ3) is 6.61. The lowest BCUT2D eigenvalue weighted by atomic mass is 10.2. The average Bonchev–Trinajstić information content (AvgIpc) is 3.23. The molecule has 162 valence electrons. The van der Waals surface area contributed by atoms with Crippen molar-refractivity contribution in [1.82, 2.24) is 0 Å². The standard InChI is InChI=1S/C21H21N3O6S/c1-14-8-9-16(12-18(14)24-31(2,27)28)22-20(25)13-30-17-6-3-5-15(11-17)23-21(26)19-7-4-10-29-19/h3-12,24H,13H2,1-2H3,(H,22,25)(H,23,26). The van der Waals surface area contributed by atoms with Gasteiger partial charge in [-0.1, -0.05) is 12.1 Å². The van der Waals surface area contributed by atoms with Crippen molar-refractivity contribution in [1.29, 1.82) is 0 Å². The van der Waals surface area contributed by atoms with Gasteiger partial charge < -0.3 is 19.8 Å². The van der Waals surface area contributed by atoms with Crippen molar-refractivity contribution in [3.8, 4) is 5.75 Å². The molecule has 0 bridgehead atoms. The van der Waals surface area contributed by atoms with Gasteiger partial charge in [0.1, 0.15) is 5.75 Å². The Hall–Kier alpha value is -3.79. The number of anilines is 3. The lowest BCUT2D eigenvalue weighted by Crippen LogP contribution is -2.20. The van der Waals surface area contributed by atoms with E-state index in [0.29, 0.717) is 28.4 Å². The first kappa shape index (κ1) is 21.9. The number of nitrogens with one attached hydrogen (secondary N) is 3. The molecule has 2 aromatic carbocycles. The van der Waals surface area contributed by atoms with E-state index in [-0.39, 0.29) is 12.4 Å². The zero-order chi connectivity index (χ0) is 22.4. The van der Waals surface area contributed by atoms with Crippen LogP contribution >= 0.6 is 0 Å².